The summed E-state index contributed by atoms with van der Waals surface area (Å²) in [6, 6.07) is 0.524. The average molecular weight is 263 g/mol. The van der Waals surface area contributed by atoms with Gasteiger partial charge in [-0.1, -0.05) is 11.4 Å². The van der Waals surface area contributed by atoms with Crippen LogP contribution in [0.1, 0.15) is 25.5 Å². The fourth-order valence-electron chi connectivity index (χ4n) is 2.21. The first kappa shape index (κ1) is 13.8. The van der Waals surface area contributed by atoms with Gasteiger partial charge in [0.1, 0.15) is 0 Å². The van der Waals surface area contributed by atoms with Crippen LogP contribution in [-0.2, 0) is 6.54 Å². The van der Waals surface area contributed by atoms with Crippen molar-refractivity contribution >= 4 is 23.9 Å². The van der Waals surface area contributed by atoms with E-state index in [-0.39, 0.29) is 12.4 Å². The molecular weight excluding hydrogens is 244 g/mol. The van der Waals surface area contributed by atoms with Crippen LogP contribution in [-0.4, -0.2) is 33.6 Å². The lowest BCUT2D eigenvalue weighted by Crippen LogP contribution is -2.45. The highest BCUT2D eigenvalue weighted by molar-refractivity contribution is 7.03. The number of piperidine rings is 1. The lowest BCUT2D eigenvalue weighted by Gasteiger charge is -2.37. The lowest BCUT2D eigenvalue weighted by molar-refractivity contribution is 0.114. The number of aromatic nitrogens is 2. The largest absolute Gasteiger partial charge is 0.329 e. The molecule has 0 aromatic carbocycles. The van der Waals surface area contributed by atoms with E-state index in [0.29, 0.717) is 6.04 Å². The number of likely N-dealkylation sites (tertiary alicyclic amines) is 1. The summed E-state index contributed by atoms with van der Waals surface area (Å²) in [6.45, 7) is 5.11. The smallest absolute Gasteiger partial charge is 0.0895 e. The van der Waals surface area contributed by atoms with E-state index in [4.69, 9.17) is 5.73 Å². The normalized spacial score (nSPS) is 26.4. The molecule has 1 aromatic heterocycles. The second-order valence-electron chi connectivity index (χ2n) is 4.39. The Morgan fingerprint density at radius 3 is 3.06 bits per heavy atom. The number of rotatable bonds is 3. The van der Waals surface area contributed by atoms with Crippen LogP contribution in [0.15, 0.2) is 5.38 Å². The molecule has 0 aliphatic carbocycles. The highest BCUT2D eigenvalue weighted by Crippen LogP contribution is 2.23. The summed E-state index contributed by atoms with van der Waals surface area (Å²) in [5, 5.41) is 6.10. The maximum absolute atomic E-state index is 5.81. The van der Waals surface area contributed by atoms with Crippen LogP contribution in [0, 0.1) is 5.92 Å². The predicted molar refractivity (Wildman–Crippen MR) is 68.8 cm³/mol. The Labute approximate surface area is 107 Å². The highest BCUT2D eigenvalue weighted by atomic mass is 35.5. The minimum Gasteiger partial charge on any atom is -0.329 e. The van der Waals surface area contributed by atoms with Gasteiger partial charge < -0.3 is 5.73 Å². The van der Waals surface area contributed by atoms with Crippen molar-refractivity contribution in [2.45, 2.75) is 32.4 Å². The second-order valence-corrected chi connectivity index (χ2v) is 5.00. The number of hydrogen-bond donors (Lipinski definition) is 1. The number of hydrogen-bond acceptors (Lipinski definition) is 5. The molecule has 2 heterocycles. The zero-order chi connectivity index (χ0) is 10.7. The van der Waals surface area contributed by atoms with Gasteiger partial charge in [0, 0.05) is 24.5 Å². The molecule has 16 heavy (non-hydrogen) atoms. The molecule has 92 valence electrons. The zero-order valence-corrected chi connectivity index (χ0v) is 11.1. The van der Waals surface area contributed by atoms with Crippen LogP contribution in [0.2, 0.25) is 0 Å². The van der Waals surface area contributed by atoms with E-state index < -0.39 is 0 Å². The molecule has 1 aliphatic rings. The minimum absolute atomic E-state index is 0. The van der Waals surface area contributed by atoms with E-state index >= 15 is 0 Å². The van der Waals surface area contributed by atoms with Crippen molar-refractivity contribution in [3.8, 4) is 0 Å². The molecule has 2 atom stereocenters. The Kier molecular flexibility index (Phi) is 5.61. The molecule has 1 aromatic rings. The van der Waals surface area contributed by atoms with E-state index in [1.807, 2.05) is 5.38 Å². The summed E-state index contributed by atoms with van der Waals surface area (Å²) in [6.07, 6.45) is 2.49. The summed E-state index contributed by atoms with van der Waals surface area (Å²) in [5.74, 6) is 0.809. The van der Waals surface area contributed by atoms with Crippen LogP contribution in [0.25, 0.3) is 0 Å². The molecule has 0 radical (unpaired) electrons. The van der Waals surface area contributed by atoms with E-state index in [1.54, 1.807) is 0 Å². The Balaban J connectivity index is 0.00000128. The Hall–Kier alpha value is -0.230. The van der Waals surface area contributed by atoms with Crippen LogP contribution in [0.4, 0.5) is 0 Å². The molecule has 1 fully saturated rings. The topological polar surface area (TPSA) is 55.0 Å². The first-order chi connectivity index (χ1) is 7.29. The van der Waals surface area contributed by atoms with Crippen molar-refractivity contribution in [3.63, 3.8) is 0 Å². The predicted octanol–water partition coefficient (Wildman–Crippen LogP) is 1.52. The van der Waals surface area contributed by atoms with Crippen molar-refractivity contribution < 1.29 is 0 Å². The molecular formula is C10H19ClN4S. The maximum Gasteiger partial charge on any atom is 0.0895 e. The lowest BCUT2D eigenvalue weighted by atomic mass is 9.92. The average Bonchev–Trinajstić information content (AvgIpc) is 2.73. The summed E-state index contributed by atoms with van der Waals surface area (Å²) < 4.78 is 3.89. The summed E-state index contributed by atoms with van der Waals surface area (Å²) in [7, 11) is 0. The van der Waals surface area contributed by atoms with Crippen molar-refractivity contribution in [1.29, 1.82) is 0 Å². The van der Waals surface area contributed by atoms with Crippen molar-refractivity contribution in [2.24, 2.45) is 11.7 Å². The summed E-state index contributed by atoms with van der Waals surface area (Å²) >= 11 is 1.42. The molecule has 2 rings (SSSR count). The molecule has 4 nitrogen and oxygen atoms in total. The van der Waals surface area contributed by atoms with E-state index in [0.717, 1.165) is 31.2 Å². The maximum atomic E-state index is 5.81. The molecule has 1 saturated heterocycles. The quantitative estimate of drug-likeness (QED) is 0.898. The van der Waals surface area contributed by atoms with E-state index in [1.165, 1.54) is 24.4 Å². The van der Waals surface area contributed by atoms with Gasteiger partial charge in [0.05, 0.1) is 5.69 Å². The Bertz CT molecular complexity index is 293. The molecule has 0 saturated carbocycles. The van der Waals surface area contributed by atoms with Crippen LogP contribution in [0.3, 0.4) is 0 Å². The molecule has 2 unspecified atom stereocenters. The molecule has 0 spiro atoms. The van der Waals surface area contributed by atoms with Gasteiger partial charge in [-0.2, -0.15) is 0 Å². The first-order valence-electron chi connectivity index (χ1n) is 5.49. The number of nitrogens with two attached hydrogens (primary N) is 1. The van der Waals surface area contributed by atoms with E-state index in [9.17, 15) is 0 Å². The van der Waals surface area contributed by atoms with Gasteiger partial charge in [-0.3, -0.25) is 4.90 Å². The summed E-state index contributed by atoms with van der Waals surface area (Å²) in [4.78, 5) is 2.44. The molecule has 6 heteroatoms. The molecule has 0 amide bonds. The SMILES string of the molecule is CC1CCN(Cc2csnn2)C(CN)C1.Cl. The van der Waals surface area contributed by atoms with Crippen molar-refractivity contribution in [2.75, 3.05) is 13.1 Å². The van der Waals surface area contributed by atoms with Gasteiger partial charge >= 0.3 is 0 Å². The second kappa shape index (κ2) is 6.49. The number of halogens is 1. The standard InChI is InChI=1S/C10H18N4S.ClH/c1-8-2-3-14(10(4-8)5-11)6-9-7-15-13-12-9;/h7-8,10H,2-6,11H2,1H3;1H. The fourth-order valence-corrected chi connectivity index (χ4v) is 2.66. The van der Waals surface area contributed by atoms with Crippen molar-refractivity contribution in [1.82, 2.24) is 14.5 Å². The third-order valence-electron chi connectivity index (χ3n) is 3.14. The van der Waals surface area contributed by atoms with Gasteiger partial charge in [-0.25, -0.2) is 0 Å². The molecule has 1 aliphatic heterocycles. The van der Waals surface area contributed by atoms with Gasteiger partial charge in [-0.05, 0) is 36.8 Å². The third-order valence-corrected chi connectivity index (χ3v) is 3.70. The third kappa shape index (κ3) is 3.38. The molecule has 2 N–H and O–H groups in total. The minimum atomic E-state index is 0. The van der Waals surface area contributed by atoms with Gasteiger partial charge in [0.15, 0.2) is 0 Å². The zero-order valence-electron chi connectivity index (χ0n) is 9.50. The van der Waals surface area contributed by atoms with Gasteiger partial charge in [0.25, 0.3) is 0 Å². The van der Waals surface area contributed by atoms with Crippen LogP contribution < -0.4 is 5.73 Å². The van der Waals surface area contributed by atoms with E-state index in [2.05, 4.69) is 21.4 Å². The highest BCUT2D eigenvalue weighted by Gasteiger charge is 2.25. The number of nitrogens with zero attached hydrogens (tertiary/aromatic N) is 3. The Morgan fingerprint density at radius 1 is 1.62 bits per heavy atom. The van der Waals surface area contributed by atoms with Crippen LogP contribution in [0.5, 0.6) is 0 Å². The monoisotopic (exact) mass is 262 g/mol. The fraction of sp³-hybridized carbons (Fsp3) is 0.800. The van der Waals surface area contributed by atoms with Crippen molar-refractivity contribution in [3.05, 3.63) is 11.1 Å². The first-order valence-corrected chi connectivity index (χ1v) is 6.33. The summed E-state index contributed by atoms with van der Waals surface area (Å²) in [5.41, 5.74) is 6.89. The Morgan fingerprint density at radius 2 is 2.44 bits per heavy atom. The van der Waals surface area contributed by atoms with Crippen LogP contribution >= 0.6 is 23.9 Å². The molecule has 0 bridgehead atoms. The van der Waals surface area contributed by atoms with Gasteiger partial charge in [0.2, 0.25) is 0 Å². The van der Waals surface area contributed by atoms with Gasteiger partial charge in [-0.15, -0.1) is 17.5 Å².